The molecule has 0 aliphatic rings. The molecule has 2 unspecified atom stereocenters. The van der Waals surface area contributed by atoms with Gasteiger partial charge in [-0.15, -0.1) is 0 Å². The lowest BCUT2D eigenvalue weighted by Crippen LogP contribution is -2.60. The lowest BCUT2D eigenvalue weighted by molar-refractivity contribution is -0.254. The van der Waals surface area contributed by atoms with Crippen LogP contribution >= 0.6 is 0 Å². The minimum Gasteiger partial charge on any atom is -0.281 e. The fourth-order valence-electron chi connectivity index (χ4n) is 1.29. The van der Waals surface area contributed by atoms with Crippen LogP contribution in [0.2, 0.25) is 0 Å². The van der Waals surface area contributed by atoms with E-state index in [2.05, 4.69) is 0 Å². The van der Waals surface area contributed by atoms with Crippen molar-refractivity contribution in [3.05, 3.63) is 0 Å². The first-order valence-corrected chi connectivity index (χ1v) is 6.30. The van der Waals surface area contributed by atoms with Gasteiger partial charge in [0.15, 0.2) is 5.67 Å². The third kappa shape index (κ3) is 3.32. The zero-order chi connectivity index (χ0) is 16.8. The van der Waals surface area contributed by atoms with Gasteiger partial charge in [0.2, 0.25) is 0 Å². The summed E-state index contributed by atoms with van der Waals surface area (Å²) in [4.78, 5) is 0. The summed E-state index contributed by atoms with van der Waals surface area (Å²) >= 11 is 0. The van der Waals surface area contributed by atoms with Crippen molar-refractivity contribution in [2.75, 3.05) is 0 Å². The highest BCUT2D eigenvalue weighted by molar-refractivity contribution is 7.87. The Bertz CT molecular complexity index is 453. The molecule has 0 radical (unpaired) electrons. The van der Waals surface area contributed by atoms with Gasteiger partial charge in [0.25, 0.3) is 0 Å². The van der Waals surface area contributed by atoms with Crippen LogP contribution in [-0.4, -0.2) is 36.0 Å². The third-order valence-electron chi connectivity index (χ3n) is 2.77. The van der Waals surface area contributed by atoms with Crippen LogP contribution in [0.4, 0.5) is 35.1 Å². The molecule has 0 aromatic carbocycles. The summed E-state index contributed by atoms with van der Waals surface area (Å²) in [6, 6.07) is 0. The van der Waals surface area contributed by atoms with E-state index >= 15 is 0 Å². The number of hydrogen-bond donors (Lipinski definition) is 1. The lowest BCUT2D eigenvalue weighted by Gasteiger charge is -2.37. The Morgan fingerprint density at radius 2 is 1.35 bits per heavy atom. The van der Waals surface area contributed by atoms with Crippen molar-refractivity contribution in [1.82, 2.24) is 0 Å². The smallest absolute Gasteiger partial charge is 0.281 e. The highest BCUT2D eigenvalue weighted by Gasteiger charge is 2.75. The molecule has 0 aromatic rings. The number of hydrogen-bond acceptors (Lipinski definition) is 2. The Morgan fingerprint density at radius 1 is 1.00 bits per heavy atom. The molecule has 122 valence electrons. The standard InChI is InChI=1S/C8H10F8O3S/c1-4(3-6(10,11)12)5(2,9)7(13,14)8(15,16)20(17,18)19/h4H,3H2,1-2H3,(H,17,18,19). The van der Waals surface area contributed by atoms with Gasteiger partial charge in [-0.3, -0.25) is 4.55 Å². The van der Waals surface area contributed by atoms with Crippen molar-refractivity contribution in [1.29, 1.82) is 0 Å². The second-order valence-electron chi connectivity index (χ2n) is 4.36. The van der Waals surface area contributed by atoms with Crippen LogP contribution in [-0.2, 0) is 10.1 Å². The molecule has 0 spiro atoms. The quantitative estimate of drug-likeness (QED) is 0.617. The lowest BCUT2D eigenvalue weighted by atomic mass is 9.84. The SMILES string of the molecule is CC(CC(F)(F)F)C(C)(F)C(F)(F)C(F)(F)S(=O)(=O)O. The van der Waals surface area contributed by atoms with Crippen LogP contribution in [0.5, 0.6) is 0 Å². The van der Waals surface area contributed by atoms with E-state index in [4.69, 9.17) is 4.55 Å². The van der Waals surface area contributed by atoms with E-state index in [1.807, 2.05) is 0 Å². The van der Waals surface area contributed by atoms with Crippen LogP contribution in [0, 0.1) is 5.92 Å². The average Bonchev–Trinajstić information content (AvgIpc) is 2.12. The van der Waals surface area contributed by atoms with E-state index in [1.165, 1.54) is 0 Å². The molecule has 0 rings (SSSR count). The first-order valence-electron chi connectivity index (χ1n) is 4.86. The molecule has 0 heterocycles. The Hall–Kier alpha value is -0.650. The van der Waals surface area contributed by atoms with Gasteiger partial charge in [0, 0.05) is 12.3 Å². The van der Waals surface area contributed by atoms with Crippen molar-refractivity contribution in [2.45, 2.75) is 43.3 Å². The van der Waals surface area contributed by atoms with E-state index in [-0.39, 0.29) is 13.8 Å². The number of rotatable bonds is 5. The highest BCUT2D eigenvalue weighted by Crippen LogP contribution is 2.51. The van der Waals surface area contributed by atoms with Gasteiger partial charge < -0.3 is 0 Å². The highest BCUT2D eigenvalue weighted by atomic mass is 32.2. The molecular weight excluding hydrogens is 328 g/mol. The molecule has 0 bridgehead atoms. The van der Waals surface area contributed by atoms with Crippen LogP contribution in [0.1, 0.15) is 20.3 Å². The molecule has 12 heteroatoms. The molecule has 0 aliphatic heterocycles. The molecule has 2 atom stereocenters. The summed E-state index contributed by atoms with van der Waals surface area (Å²) in [6.07, 6.45) is -7.31. The van der Waals surface area contributed by atoms with E-state index in [0.717, 1.165) is 0 Å². The monoisotopic (exact) mass is 338 g/mol. The van der Waals surface area contributed by atoms with Crippen LogP contribution in [0.15, 0.2) is 0 Å². The summed E-state index contributed by atoms with van der Waals surface area (Å²) < 4.78 is 130. The molecule has 20 heavy (non-hydrogen) atoms. The van der Waals surface area contributed by atoms with Crippen molar-refractivity contribution in [2.24, 2.45) is 5.92 Å². The third-order valence-corrected chi connectivity index (χ3v) is 3.67. The molecular formula is C8H10F8O3S. The van der Waals surface area contributed by atoms with Crippen molar-refractivity contribution in [3.63, 3.8) is 0 Å². The normalized spacial score (nSPS) is 19.6. The molecule has 0 saturated heterocycles. The Labute approximate surface area is 108 Å². The van der Waals surface area contributed by atoms with Crippen LogP contribution in [0.25, 0.3) is 0 Å². The molecule has 0 aromatic heterocycles. The maximum Gasteiger partial charge on any atom is 0.434 e. The Kier molecular flexibility index (Phi) is 4.81. The predicted molar refractivity (Wildman–Crippen MR) is 50.8 cm³/mol. The maximum absolute atomic E-state index is 13.7. The topological polar surface area (TPSA) is 54.4 Å². The first kappa shape index (κ1) is 19.4. The van der Waals surface area contributed by atoms with E-state index in [1.54, 1.807) is 0 Å². The van der Waals surface area contributed by atoms with Gasteiger partial charge >= 0.3 is 27.5 Å². The van der Waals surface area contributed by atoms with Gasteiger partial charge in [0.05, 0.1) is 0 Å². The van der Waals surface area contributed by atoms with Gasteiger partial charge in [-0.05, 0) is 6.92 Å². The van der Waals surface area contributed by atoms with Crippen molar-refractivity contribution >= 4 is 10.1 Å². The molecule has 1 N–H and O–H groups in total. The summed E-state index contributed by atoms with van der Waals surface area (Å²) in [5.41, 5.74) is -4.54. The Balaban J connectivity index is 5.70. The van der Waals surface area contributed by atoms with Gasteiger partial charge in [0.1, 0.15) is 0 Å². The minimum absolute atomic E-state index is 0.265. The fourth-order valence-corrected chi connectivity index (χ4v) is 1.82. The number of halogens is 8. The molecule has 0 saturated carbocycles. The zero-order valence-electron chi connectivity index (χ0n) is 9.98. The second-order valence-corrected chi connectivity index (χ2v) is 5.83. The zero-order valence-corrected chi connectivity index (χ0v) is 10.8. The van der Waals surface area contributed by atoms with Crippen molar-refractivity contribution in [3.8, 4) is 0 Å². The molecule has 0 fully saturated rings. The van der Waals surface area contributed by atoms with E-state index in [0.29, 0.717) is 0 Å². The minimum atomic E-state index is -6.72. The van der Waals surface area contributed by atoms with Crippen LogP contribution < -0.4 is 0 Å². The average molecular weight is 338 g/mol. The summed E-state index contributed by atoms with van der Waals surface area (Å²) in [6.45, 7) is -0.0238. The van der Waals surface area contributed by atoms with Gasteiger partial charge in [-0.1, -0.05) is 6.92 Å². The molecule has 0 amide bonds. The van der Waals surface area contributed by atoms with Gasteiger partial charge in [-0.25, -0.2) is 4.39 Å². The summed E-state index contributed by atoms with van der Waals surface area (Å²) in [7, 11) is -6.72. The van der Waals surface area contributed by atoms with Crippen molar-refractivity contribution < 1.29 is 48.1 Å². The summed E-state index contributed by atoms with van der Waals surface area (Å²) in [5, 5.41) is -6.27. The maximum atomic E-state index is 13.7. The summed E-state index contributed by atoms with van der Waals surface area (Å²) in [5.74, 6) is -8.76. The first-order chi connectivity index (χ1) is 8.38. The number of alkyl halides is 8. The Morgan fingerprint density at radius 3 is 1.60 bits per heavy atom. The predicted octanol–water partition coefficient (Wildman–Crippen LogP) is 3.42. The van der Waals surface area contributed by atoms with E-state index in [9.17, 15) is 43.5 Å². The molecule has 3 nitrogen and oxygen atoms in total. The van der Waals surface area contributed by atoms with Crippen LogP contribution in [0.3, 0.4) is 0 Å². The largest absolute Gasteiger partial charge is 0.434 e. The van der Waals surface area contributed by atoms with Gasteiger partial charge in [-0.2, -0.15) is 39.2 Å². The fraction of sp³-hybridized carbons (Fsp3) is 1.00. The second kappa shape index (κ2) is 4.97. The van der Waals surface area contributed by atoms with E-state index < -0.39 is 45.5 Å². The molecule has 0 aliphatic carbocycles.